The lowest BCUT2D eigenvalue weighted by atomic mass is 10.2. The summed E-state index contributed by atoms with van der Waals surface area (Å²) in [5, 5.41) is 0. The largest absolute Gasteiger partial charge is 0.439 e. The topological polar surface area (TPSA) is 35.0 Å². The summed E-state index contributed by atoms with van der Waals surface area (Å²) in [6.07, 6.45) is -12.9. The fourth-order valence-electron chi connectivity index (χ4n) is 1.84. The first kappa shape index (κ1) is 19.4. The summed E-state index contributed by atoms with van der Waals surface area (Å²) in [5.41, 5.74) is 0.811. The van der Waals surface area contributed by atoms with E-state index in [0.717, 1.165) is 22.9 Å². The number of nitrogens with zero attached hydrogens (tertiary/aromatic N) is 2. The fraction of sp³-hybridized carbons (Fsp3) is 0.333. The van der Waals surface area contributed by atoms with Crippen LogP contribution in [0.3, 0.4) is 0 Å². The maximum absolute atomic E-state index is 13.2. The molecule has 0 aliphatic heterocycles. The number of aromatic nitrogens is 2. The van der Waals surface area contributed by atoms with E-state index in [9.17, 15) is 26.3 Å². The summed E-state index contributed by atoms with van der Waals surface area (Å²) in [6, 6.07) is 5.76. The molecule has 2 heterocycles. The van der Waals surface area contributed by atoms with Gasteiger partial charge in [0.15, 0.2) is 0 Å². The molecule has 0 saturated heterocycles. The van der Waals surface area contributed by atoms with Crippen LogP contribution in [-0.4, -0.2) is 34.2 Å². The molecule has 1 unspecified atom stereocenters. The Morgan fingerprint density at radius 3 is 2.40 bits per heavy atom. The number of ether oxygens (including phenoxy) is 1. The highest BCUT2D eigenvalue weighted by Gasteiger charge is 2.59. The first-order chi connectivity index (χ1) is 11.6. The van der Waals surface area contributed by atoms with Crippen molar-refractivity contribution in [3.8, 4) is 17.1 Å². The molecule has 136 valence electrons. The van der Waals surface area contributed by atoms with Gasteiger partial charge < -0.3 is 4.74 Å². The molecule has 2 aromatic rings. The SMILES string of the molecule is CCSc1cccnc1-c1ccc(OC(F)(F)C(F)C(F)(F)F)cn1. The molecule has 0 aliphatic carbocycles. The van der Waals surface area contributed by atoms with Crippen LogP contribution in [0.1, 0.15) is 6.92 Å². The van der Waals surface area contributed by atoms with Gasteiger partial charge in [0.05, 0.1) is 11.9 Å². The number of hydrogen-bond donors (Lipinski definition) is 0. The van der Waals surface area contributed by atoms with Crippen molar-refractivity contribution in [1.29, 1.82) is 0 Å². The van der Waals surface area contributed by atoms with Crippen molar-refractivity contribution in [3.05, 3.63) is 36.7 Å². The number of halogens is 6. The molecule has 0 bridgehead atoms. The maximum atomic E-state index is 13.2. The normalized spacial score (nSPS) is 13.6. The molecule has 0 fully saturated rings. The molecule has 0 amide bonds. The third-order valence-corrected chi connectivity index (χ3v) is 3.81. The van der Waals surface area contributed by atoms with Crippen molar-refractivity contribution < 1.29 is 31.1 Å². The number of thioether (sulfide) groups is 1. The van der Waals surface area contributed by atoms with E-state index < -0.39 is 24.2 Å². The molecule has 0 N–H and O–H groups in total. The van der Waals surface area contributed by atoms with Crippen LogP contribution in [0.25, 0.3) is 11.4 Å². The Morgan fingerprint density at radius 1 is 1.12 bits per heavy atom. The molecule has 2 aromatic heterocycles. The highest BCUT2D eigenvalue weighted by molar-refractivity contribution is 7.99. The second kappa shape index (κ2) is 7.51. The molecule has 0 aromatic carbocycles. The van der Waals surface area contributed by atoms with E-state index in [1.807, 2.05) is 6.92 Å². The number of hydrogen-bond acceptors (Lipinski definition) is 4. The van der Waals surface area contributed by atoms with Crippen molar-refractivity contribution >= 4 is 11.8 Å². The Balaban J connectivity index is 2.21. The molecule has 2 rings (SSSR count). The van der Waals surface area contributed by atoms with E-state index in [-0.39, 0.29) is 0 Å². The lowest BCUT2D eigenvalue weighted by molar-refractivity contribution is -0.305. The van der Waals surface area contributed by atoms with Gasteiger partial charge in [-0.05, 0) is 30.0 Å². The lowest BCUT2D eigenvalue weighted by Crippen LogP contribution is -2.45. The summed E-state index contributed by atoms with van der Waals surface area (Å²) < 4.78 is 79.4. The van der Waals surface area contributed by atoms with Crippen LogP contribution in [0.15, 0.2) is 41.6 Å². The summed E-state index contributed by atoms with van der Waals surface area (Å²) in [5.74, 6) is 0.0721. The predicted molar refractivity (Wildman–Crippen MR) is 80.4 cm³/mol. The molecule has 0 spiro atoms. The molecule has 0 radical (unpaired) electrons. The van der Waals surface area contributed by atoms with E-state index in [1.54, 1.807) is 12.1 Å². The third kappa shape index (κ3) is 4.77. The van der Waals surface area contributed by atoms with Crippen molar-refractivity contribution in [3.63, 3.8) is 0 Å². The van der Waals surface area contributed by atoms with Crippen LogP contribution in [0.4, 0.5) is 26.3 Å². The van der Waals surface area contributed by atoms with Gasteiger partial charge in [0.25, 0.3) is 6.17 Å². The third-order valence-electron chi connectivity index (χ3n) is 2.89. The zero-order valence-corrected chi connectivity index (χ0v) is 13.5. The van der Waals surface area contributed by atoms with Crippen molar-refractivity contribution in [2.45, 2.75) is 30.3 Å². The predicted octanol–water partition coefficient (Wildman–Crippen LogP) is 5.13. The van der Waals surface area contributed by atoms with Gasteiger partial charge in [-0.1, -0.05) is 6.92 Å². The summed E-state index contributed by atoms with van der Waals surface area (Å²) in [6.45, 7) is 1.93. The Labute approximate surface area is 143 Å². The van der Waals surface area contributed by atoms with E-state index in [0.29, 0.717) is 11.4 Å². The molecule has 10 heteroatoms. The van der Waals surface area contributed by atoms with Crippen molar-refractivity contribution in [2.75, 3.05) is 5.75 Å². The van der Waals surface area contributed by atoms with Crippen LogP contribution in [0, 0.1) is 0 Å². The highest BCUT2D eigenvalue weighted by Crippen LogP contribution is 2.37. The van der Waals surface area contributed by atoms with Gasteiger partial charge in [0.1, 0.15) is 11.4 Å². The molecule has 0 saturated carbocycles. The average Bonchev–Trinajstić information content (AvgIpc) is 2.55. The molecule has 25 heavy (non-hydrogen) atoms. The van der Waals surface area contributed by atoms with E-state index >= 15 is 0 Å². The van der Waals surface area contributed by atoms with Crippen LogP contribution in [0.2, 0.25) is 0 Å². The number of alkyl halides is 6. The zero-order chi connectivity index (χ0) is 18.7. The Kier molecular flexibility index (Phi) is 5.81. The molecule has 0 aliphatic rings. The Hall–Kier alpha value is -1.97. The van der Waals surface area contributed by atoms with E-state index in [4.69, 9.17) is 0 Å². The number of pyridine rings is 2. The van der Waals surface area contributed by atoms with Crippen LogP contribution >= 0.6 is 11.8 Å². The summed E-state index contributed by atoms with van der Waals surface area (Å²) in [4.78, 5) is 8.81. The van der Waals surface area contributed by atoms with E-state index in [2.05, 4.69) is 14.7 Å². The Morgan fingerprint density at radius 2 is 1.84 bits per heavy atom. The first-order valence-corrected chi connectivity index (χ1v) is 7.95. The molecule has 3 nitrogen and oxygen atoms in total. The second-order valence-electron chi connectivity index (χ2n) is 4.73. The standard InChI is InChI=1S/C15H12F6N2OS/c1-2-25-11-4-3-7-22-12(11)10-6-5-9(8-23-10)24-15(20,21)13(16)14(17,18)19/h3-8,13H,2H2,1H3. The lowest BCUT2D eigenvalue weighted by Gasteiger charge is -2.22. The quantitative estimate of drug-likeness (QED) is 0.513. The highest BCUT2D eigenvalue weighted by atomic mass is 32.2. The van der Waals surface area contributed by atoms with Crippen LogP contribution < -0.4 is 4.74 Å². The van der Waals surface area contributed by atoms with Gasteiger partial charge in [-0.2, -0.15) is 22.0 Å². The monoisotopic (exact) mass is 382 g/mol. The second-order valence-corrected chi connectivity index (χ2v) is 6.04. The smallest absolute Gasteiger partial charge is 0.428 e. The first-order valence-electron chi connectivity index (χ1n) is 6.97. The summed E-state index contributed by atoms with van der Waals surface area (Å²) in [7, 11) is 0. The summed E-state index contributed by atoms with van der Waals surface area (Å²) >= 11 is 1.49. The van der Waals surface area contributed by atoms with Gasteiger partial charge >= 0.3 is 12.3 Å². The molecular formula is C15H12F6N2OS. The van der Waals surface area contributed by atoms with Gasteiger partial charge in [-0.25, -0.2) is 4.39 Å². The van der Waals surface area contributed by atoms with Crippen molar-refractivity contribution in [2.24, 2.45) is 0 Å². The van der Waals surface area contributed by atoms with Crippen molar-refractivity contribution in [1.82, 2.24) is 9.97 Å². The van der Waals surface area contributed by atoms with Crippen LogP contribution in [-0.2, 0) is 0 Å². The average molecular weight is 382 g/mol. The fourth-order valence-corrected chi connectivity index (χ4v) is 2.61. The number of rotatable bonds is 6. The van der Waals surface area contributed by atoms with Gasteiger partial charge in [0, 0.05) is 11.1 Å². The maximum Gasteiger partial charge on any atom is 0.439 e. The Bertz CT molecular complexity index is 708. The minimum atomic E-state index is -5.74. The van der Waals surface area contributed by atoms with E-state index in [1.165, 1.54) is 24.0 Å². The van der Waals surface area contributed by atoms with Gasteiger partial charge in [0.2, 0.25) is 0 Å². The minimum absolute atomic E-state index is 0.319. The molecular weight excluding hydrogens is 370 g/mol. The zero-order valence-electron chi connectivity index (χ0n) is 12.7. The van der Waals surface area contributed by atoms with Crippen LogP contribution in [0.5, 0.6) is 5.75 Å². The minimum Gasteiger partial charge on any atom is -0.428 e. The molecule has 1 atom stereocenters. The van der Waals surface area contributed by atoms with Gasteiger partial charge in [-0.3, -0.25) is 9.97 Å². The van der Waals surface area contributed by atoms with Gasteiger partial charge in [-0.15, -0.1) is 11.8 Å².